The van der Waals surface area contributed by atoms with Crippen molar-refractivity contribution < 1.29 is 13.2 Å². The van der Waals surface area contributed by atoms with Crippen molar-refractivity contribution in [3.05, 3.63) is 12.0 Å². The minimum Gasteiger partial charge on any atom is -0.340 e. The summed E-state index contributed by atoms with van der Waals surface area (Å²) in [5.41, 5.74) is 5.62. The van der Waals surface area contributed by atoms with Crippen molar-refractivity contribution in [2.75, 3.05) is 26.2 Å². The van der Waals surface area contributed by atoms with Gasteiger partial charge in [0.1, 0.15) is 5.82 Å². The second-order valence-corrected chi connectivity index (χ2v) is 7.59. The van der Waals surface area contributed by atoms with E-state index in [1.165, 1.54) is 10.5 Å². The lowest BCUT2D eigenvalue weighted by Crippen LogP contribution is -2.51. The monoisotopic (exact) mass is 365 g/mol. The highest BCUT2D eigenvalue weighted by molar-refractivity contribution is 7.89. The predicted molar refractivity (Wildman–Crippen MR) is 88.8 cm³/mol. The molecule has 1 saturated heterocycles. The van der Waals surface area contributed by atoms with Gasteiger partial charge in [-0.15, -0.1) is 12.4 Å². The predicted octanol–water partition coefficient (Wildman–Crippen LogP) is -0.279. The number of sulfonamides is 1. The Bertz CT molecular complexity index is 631. The van der Waals surface area contributed by atoms with Crippen molar-refractivity contribution in [2.24, 2.45) is 12.8 Å². The van der Waals surface area contributed by atoms with Gasteiger partial charge in [-0.25, -0.2) is 13.4 Å². The third-order valence-electron chi connectivity index (χ3n) is 3.78. The number of imidazole rings is 1. The summed E-state index contributed by atoms with van der Waals surface area (Å²) >= 11 is 0. The van der Waals surface area contributed by atoms with Crippen molar-refractivity contribution in [3.63, 3.8) is 0 Å². The second-order valence-electron chi connectivity index (χ2n) is 5.70. The molecule has 2 heterocycles. The third-order valence-corrected chi connectivity index (χ3v) is 5.55. The number of aromatic nitrogens is 2. The lowest BCUT2D eigenvalue weighted by atomic mass is 10.2. The summed E-state index contributed by atoms with van der Waals surface area (Å²) < 4.78 is 28.1. The fourth-order valence-electron chi connectivity index (χ4n) is 2.37. The molecule has 1 aromatic rings. The topological polar surface area (TPSA) is 102 Å². The summed E-state index contributed by atoms with van der Waals surface area (Å²) in [6.45, 7) is 4.87. The molecule has 1 fully saturated rings. The molecule has 10 heteroatoms. The van der Waals surface area contributed by atoms with Gasteiger partial charge in [-0.3, -0.25) is 4.79 Å². The number of hydrogen-bond donors (Lipinski definition) is 1. The van der Waals surface area contributed by atoms with E-state index < -0.39 is 10.0 Å². The van der Waals surface area contributed by atoms with Gasteiger partial charge in [0.25, 0.3) is 10.0 Å². The number of aryl methyl sites for hydroxylation is 2. The van der Waals surface area contributed by atoms with Gasteiger partial charge < -0.3 is 15.2 Å². The molecule has 0 spiro atoms. The molecule has 1 aliphatic rings. The Hall–Kier alpha value is -1.16. The molecule has 132 valence electrons. The van der Waals surface area contributed by atoms with Crippen LogP contribution in [-0.2, 0) is 21.9 Å². The highest BCUT2D eigenvalue weighted by Crippen LogP contribution is 2.17. The van der Waals surface area contributed by atoms with Crippen LogP contribution < -0.4 is 5.73 Å². The Kier molecular flexibility index (Phi) is 6.58. The van der Waals surface area contributed by atoms with Crippen LogP contribution in [0.1, 0.15) is 19.2 Å². The maximum atomic E-state index is 12.5. The standard InChI is InChI=1S/C13H23N5O3S.ClH/c1-10(14)8-13(19)17-4-6-18(7-5-17)22(20,21)12-9-16(3)11(2)15-12;/h9-10H,4-8,14H2,1-3H3;1H. The summed E-state index contributed by atoms with van der Waals surface area (Å²) in [7, 11) is -1.84. The van der Waals surface area contributed by atoms with E-state index in [0.29, 0.717) is 18.9 Å². The van der Waals surface area contributed by atoms with Crippen LogP contribution in [0.25, 0.3) is 0 Å². The average Bonchev–Trinajstić information content (AvgIpc) is 2.79. The molecule has 0 aromatic carbocycles. The maximum Gasteiger partial charge on any atom is 0.262 e. The molecule has 8 nitrogen and oxygen atoms in total. The first kappa shape index (κ1) is 19.9. The van der Waals surface area contributed by atoms with Gasteiger partial charge in [-0.2, -0.15) is 4.31 Å². The van der Waals surface area contributed by atoms with E-state index in [2.05, 4.69) is 4.98 Å². The first-order valence-electron chi connectivity index (χ1n) is 7.25. The maximum absolute atomic E-state index is 12.5. The van der Waals surface area contributed by atoms with Gasteiger partial charge in [0.15, 0.2) is 5.03 Å². The number of carbonyl (C=O) groups is 1. The number of nitrogens with two attached hydrogens (primary N) is 1. The fourth-order valence-corrected chi connectivity index (χ4v) is 3.81. The van der Waals surface area contributed by atoms with Gasteiger partial charge in [-0.05, 0) is 13.8 Å². The molecule has 23 heavy (non-hydrogen) atoms. The van der Waals surface area contributed by atoms with E-state index >= 15 is 0 Å². The van der Waals surface area contributed by atoms with Crippen LogP contribution in [0.2, 0.25) is 0 Å². The van der Waals surface area contributed by atoms with Gasteiger partial charge >= 0.3 is 0 Å². The molecule has 1 aromatic heterocycles. The van der Waals surface area contributed by atoms with Gasteiger partial charge in [-0.1, -0.05) is 0 Å². The number of nitrogens with zero attached hydrogens (tertiary/aromatic N) is 4. The summed E-state index contributed by atoms with van der Waals surface area (Å²) in [6, 6.07) is -0.189. The highest BCUT2D eigenvalue weighted by atomic mass is 35.5. The third kappa shape index (κ3) is 4.43. The molecule has 1 unspecified atom stereocenters. The van der Waals surface area contributed by atoms with E-state index in [0.717, 1.165) is 0 Å². The number of carbonyl (C=O) groups excluding carboxylic acids is 1. The molecular weight excluding hydrogens is 342 g/mol. The van der Waals surface area contributed by atoms with E-state index in [9.17, 15) is 13.2 Å². The fraction of sp³-hybridized carbons (Fsp3) is 0.692. The molecule has 1 amide bonds. The molecule has 2 rings (SSSR count). The van der Waals surface area contributed by atoms with Crippen LogP contribution in [0.3, 0.4) is 0 Å². The van der Waals surface area contributed by atoms with Crippen LogP contribution in [0.15, 0.2) is 11.2 Å². The second kappa shape index (κ2) is 7.61. The zero-order chi connectivity index (χ0) is 16.5. The number of hydrogen-bond acceptors (Lipinski definition) is 5. The smallest absolute Gasteiger partial charge is 0.262 e. The van der Waals surface area contributed by atoms with Crippen molar-refractivity contribution in [1.29, 1.82) is 0 Å². The van der Waals surface area contributed by atoms with Crippen molar-refractivity contribution in [3.8, 4) is 0 Å². The quantitative estimate of drug-likeness (QED) is 0.790. The largest absolute Gasteiger partial charge is 0.340 e. The molecule has 0 saturated carbocycles. The lowest BCUT2D eigenvalue weighted by molar-refractivity contribution is -0.132. The average molecular weight is 366 g/mol. The van der Waals surface area contributed by atoms with E-state index in [-0.39, 0.29) is 48.9 Å². The Labute approximate surface area is 143 Å². The highest BCUT2D eigenvalue weighted by Gasteiger charge is 2.31. The van der Waals surface area contributed by atoms with E-state index in [4.69, 9.17) is 5.73 Å². The van der Waals surface area contributed by atoms with Crippen LogP contribution in [-0.4, -0.2) is 65.3 Å². The van der Waals surface area contributed by atoms with Crippen LogP contribution in [0.5, 0.6) is 0 Å². The molecule has 1 aliphatic heterocycles. The molecule has 2 N–H and O–H groups in total. The van der Waals surface area contributed by atoms with Gasteiger partial charge in [0.05, 0.1) is 0 Å². The summed E-state index contributed by atoms with van der Waals surface area (Å²) in [6.07, 6.45) is 1.80. The minimum absolute atomic E-state index is 0. The Morgan fingerprint density at radius 3 is 2.35 bits per heavy atom. The zero-order valence-electron chi connectivity index (χ0n) is 13.6. The molecular formula is C13H24ClN5O3S. The lowest BCUT2D eigenvalue weighted by Gasteiger charge is -2.33. The SMILES string of the molecule is Cc1nc(S(=O)(=O)N2CCN(C(=O)CC(C)N)CC2)cn1C.Cl. The summed E-state index contributed by atoms with van der Waals surface area (Å²) in [4.78, 5) is 17.7. The molecule has 1 atom stereocenters. The number of halogens is 1. The normalized spacial score (nSPS) is 17.7. The number of rotatable bonds is 4. The van der Waals surface area contributed by atoms with Gasteiger partial charge in [0, 0.05) is 51.9 Å². The zero-order valence-corrected chi connectivity index (χ0v) is 15.2. The molecule has 0 aliphatic carbocycles. The van der Waals surface area contributed by atoms with Crippen LogP contribution >= 0.6 is 12.4 Å². The number of piperazine rings is 1. The Balaban J connectivity index is 0.00000264. The minimum atomic E-state index is -3.60. The van der Waals surface area contributed by atoms with Crippen molar-refractivity contribution in [2.45, 2.75) is 31.3 Å². The Morgan fingerprint density at radius 1 is 1.35 bits per heavy atom. The van der Waals surface area contributed by atoms with Crippen LogP contribution in [0.4, 0.5) is 0 Å². The van der Waals surface area contributed by atoms with Gasteiger partial charge in [0.2, 0.25) is 5.91 Å². The first-order valence-corrected chi connectivity index (χ1v) is 8.69. The van der Waals surface area contributed by atoms with Crippen LogP contribution in [0, 0.1) is 6.92 Å². The summed E-state index contributed by atoms with van der Waals surface area (Å²) in [5.74, 6) is 0.616. The van der Waals surface area contributed by atoms with E-state index in [1.807, 2.05) is 0 Å². The van der Waals surface area contributed by atoms with Crippen molar-refractivity contribution >= 4 is 28.3 Å². The number of amides is 1. The van der Waals surface area contributed by atoms with E-state index in [1.54, 1.807) is 30.4 Å². The molecule has 0 bridgehead atoms. The summed E-state index contributed by atoms with van der Waals surface area (Å²) in [5, 5.41) is 0.0582. The van der Waals surface area contributed by atoms with Crippen molar-refractivity contribution in [1.82, 2.24) is 18.8 Å². The first-order chi connectivity index (χ1) is 10.2. The Morgan fingerprint density at radius 2 is 1.91 bits per heavy atom. The molecule has 0 radical (unpaired) electrons.